The first-order valence-electron chi connectivity index (χ1n) is 7.69. The first-order valence-corrected chi connectivity index (χ1v) is 8.07. The predicted octanol–water partition coefficient (Wildman–Crippen LogP) is 3.83. The summed E-state index contributed by atoms with van der Waals surface area (Å²) in [5, 5.41) is 0.483. The van der Waals surface area contributed by atoms with Crippen LogP contribution in [0.25, 0.3) is 0 Å². The lowest BCUT2D eigenvalue weighted by Crippen LogP contribution is -2.35. The molecule has 1 heterocycles. The van der Waals surface area contributed by atoms with Crippen LogP contribution < -0.4 is 4.90 Å². The van der Waals surface area contributed by atoms with Crippen LogP contribution in [0.1, 0.15) is 16.8 Å². The molecule has 0 bridgehead atoms. The molecule has 3 rings (SSSR count). The molecule has 1 fully saturated rings. The van der Waals surface area contributed by atoms with Gasteiger partial charge in [-0.2, -0.15) is 0 Å². The summed E-state index contributed by atoms with van der Waals surface area (Å²) in [6, 6.07) is 13.6. The number of hydrogen-bond acceptors (Lipinski definition) is 2. The summed E-state index contributed by atoms with van der Waals surface area (Å²) in [7, 11) is 0. The molecule has 0 saturated carbocycles. The van der Waals surface area contributed by atoms with Crippen LogP contribution >= 0.6 is 11.6 Å². The molecule has 0 aromatic heterocycles. The molecule has 1 aliphatic rings. The lowest BCUT2D eigenvalue weighted by molar-refractivity contribution is 0.0767. The van der Waals surface area contributed by atoms with Gasteiger partial charge in [0.25, 0.3) is 5.91 Å². The molecule has 0 unspecified atom stereocenters. The molecule has 0 N–H and O–H groups in total. The van der Waals surface area contributed by atoms with Gasteiger partial charge in [-0.1, -0.05) is 23.7 Å². The summed E-state index contributed by atoms with van der Waals surface area (Å²) in [5.41, 5.74) is 1.53. The number of carbonyl (C=O) groups excluding carboxylic acids is 1. The van der Waals surface area contributed by atoms with Gasteiger partial charge >= 0.3 is 0 Å². The van der Waals surface area contributed by atoms with E-state index in [9.17, 15) is 9.18 Å². The van der Waals surface area contributed by atoms with Gasteiger partial charge in [0.15, 0.2) is 0 Å². The van der Waals surface area contributed by atoms with E-state index in [1.54, 1.807) is 24.3 Å². The normalized spacial score (nSPS) is 15.4. The van der Waals surface area contributed by atoms with Crippen LogP contribution in [-0.2, 0) is 0 Å². The summed E-state index contributed by atoms with van der Waals surface area (Å²) in [5.74, 6) is -0.268. The van der Waals surface area contributed by atoms with Crippen LogP contribution in [0.5, 0.6) is 0 Å². The Hall–Kier alpha value is -2.07. The summed E-state index contributed by atoms with van der Waals surface area (Å²) in [4.78, 5) is 16.7. The highest BCUT2D eigenvalue weighted by molar-refractivity contribution is 6.33. The van der Waals surface area contributed by atoms with Gasteiger partial charge in [0, 0.05) is 31.9 Å². The number of nitrogens with zero attached hydrogens (tertiary/aromatic N) is 2. The Labute approximate surface area is 140 Å². The second-order valence-electron chi connectivity index (χ2n) is 5.59. The molecule has 5 heteroatoms. The van der Waals surface area contributed by atoms with Gasteiger partial charge in [0.1, 0.15) is 5.82 Å². The Morgan fingerprint density at radius 3 is 2.43 bits per heavy atom. The fraction of sp³-hybridized carbons (Fsp3) is 0.278. The highest BCUT2D eigenvalue weighted by atomic mass is 35.5. The first kappa shape index (κ1) is 15.8. The minimum Gasteiger partial charge on any atom is -0.370 e. The molecule has 0 atom stereocenters. The van der Waals surface area contributed by atoms with E-state index in [2.05, 4.69) is 4.90 Å². The molecule has 1 amide bonds. The van der Waals surface area contributed by atoms with Crippen molar-refractivity contribution in [2.24, 2.45) is 0 Å². The van der Waals surface area contributed by atoms with Crippen molar-refractivity contribution in [3.63, 3.8) is 0 Å². The van der Waals surface area contributed by atoms with Crippen molar-refractivity contribution in [2.45, 2.75) is 6.42 Å². The largest absolute Gasteiger partial charge is 0.370 e. The number of amides is 1. The van der Waals surface area contributed by atoms with Crippen LogP contribution in [0.4, 0.5) is 10.1 Å². The van der Waals surface area contributed by atoms with Crippen molar-refractivity contribution in [3.8, 4) is 0 Å². The molecular weight excluding hydrogens is 315 g/mol. The second kappa shape index (κ2) is 7.01. The number of carbonyl (C=O) groups is 1. The predicted molar refractivity (Wildman–Crippen MR) is 90.6 cm³/mol. The number of rotatable bonds is 2. The SMILES string of the molecule is O=C(c1ccccc1Cl)N1CCCN(c2ccc(F)cc2)CC1. The maximum absolute atomic E-state index is 13.0. The van der Waals surface area contributed by atoms with E-state index in [-0.39, 0.29) is 11.7 Å². The quantitative estimate of drug-likeness (QED) is 0.834. The Kier molecular flexibility index (Phi) is 4.82. The minimum atomic E-state index is -0.237. The lowest BCUT2D eigenvalue weighted by Gasteiger charge is -2.24. The zero-order valence-corrected chi connectivity index (χ0v) is 13.5. The van der Waals surface area contributed by atoms with Crippen LogP contribution in [0, 0.1) is 5.82 Å². The maximum atomic E-state index is 13.0. The Morgan fingerprint density at radius 2 is 1.70 bits per heavy atom. The number of hydrogen-bond donors (Lipinski definition) is 0. The van der Waals surface area contributed by atoms with Gasteiger partial charge < -0.3 is 9.80 Å². The zero-order chi connectivity index (χ0) is 16.2. The van der Waals surface area contributed by atoms with E-state index in [1.165, 1.54) is 12.1 Å². The second-order valence-corrected chi connectivity index (χ2v) is 6.00. The third-order valence-corrected chi connectivity index (χ3v) is 4.41. The van der Waals surface area contributed by atoms with Crippen molar-refractivity contribution in [3.05, 3.63) is 64.9 Å². The van der Waals surface area contributed by atoms with Crippen molar-refractivity contribution >= 4 is 23.2 Å². The van der Waals surface area contributed by atoms with E-state index < -0.39 is 0 Å². The highest BCUT2D eigenvalue weighted by Gasteiger charge is 2.21. The Morgan fingerprint density at radius 1 is 0.957 bits per heavy atom. The van der Waals surface area contributed by atoms with Crippen LogP contribution in [0.2, 0.25) is 5.02 Å². The van der Waals surface area contributed by atoms with Crippen LogP contribution in [-0.4, -0.2) is 37.0 Å². The smallest absolute Gasteiger partial charge is 0.255 e. The van der Waals surface area contributed by atoms with E-state index >= 15 is 0 Å². The minimum absolute atomic E-state index is 0.0310. The molecule has 2 aromatic carbocycles. The van der Waals surface area contributed by atoms with E-state index in [1.807, 2.05) is 17.0 Å². The van der Waals surface area contributed by atoms with Crippen molar-refractivity contribution in [2.75, 3.05) is 31.1 Å². The van der Waals surface area contributed by atoms with Gasteiger partial charge in [-0.15, -0.1) is 0 Å². The van der Waals surface area contributed by atoms with Crippen molar-refractivity contribution in [1.29, 1.82) is 0 Å². The lowest BCUT2D eigenvalue weighted by atomic mass is 10.2. The molecule has 0 radical (unpaired) electrons. The number of benzene rings is 2. The fourth-order valence-corrected chi connectivity index (χ4v) is 3.05. The summed E-state index contributed by atoms with van der Waals surface area (Å²) in [6.45, 7) is 2.89. The van der Waals surface area contributed by atoms with E-state index in [0.717, 1.165) is 25.2 Å². The van der Waals surface area contributed by atoms with Crippen LogP contribution in [0.15, 0.2) is 48.5 Å². The molecule has 3 nitrogen and oxygen atoms in total. The molecule has 2 aromatic rings. The average molecular weight is 333 g/mol. The third kappa shape index (κ3) is 3.64. The highest BCUT2D eigenvalue weighted by Crippen LogP contribution is 2.20. The molecule has 120 valence electrons. The van der Waals surface area contributed by atoms with Gasteiger partial charge in [0.2, 0.25) is 0 Å². The molecular formula is C18H18ClFN2O. The number of halogens is 2. The monoisotopic (exact) mass is 332 g/mol. The first-order chi connectivity index (χ1) is 11.1. The zero-order valence-electron chi connectivity index (χ0n) is 12.7. The fourth-order valence-electron chi connectivity index (χ4n) is 2.84. The average Bonchev–Trinajstić information content (AvgIpc) is 2.81. The van der Waals surface area contributed by atoms with Gasteiger partial charge in [0.05, 0.1) is 10.6 Å². The number of anilines is 1. The third-order valence-electron chi connectivity index (χ3n) is 4.08. The summed E-state index contributed by atoms with van der Waals surface area (Å²) < 4.78 is 13.0. The standard InChI is InChI=1S/C18H18ClFN2O/c19-17-5-2-1-4-16(17)18(23)22-11-3-10-21(12-13-22)15-8-6-14(20)7-9-15/h1-2,4-9H,3,10-13H2. The molecule has 0 aliphatic carbocycles. The molecule has 1 saturated heterocycles. The summed E-state index contributed by atoms with van der Waals surface area (Å²) in [6.07, 6.45) is 0.869. The van der Waals surface area contributed by atoms with E-state index in [0.29, 0.717) is 23.7 Å². The van der Waals surface area contributed by atoms with Crippen molar-refractivity contribution < 1.29 is 9.18 Å². The molecule has 1 aliphatic heterocycles. The summed E-state index contributed by atoms with van der Waals surface area (Å²) >= 11 is 6.13. The molecule has 23 heavy (non-hydrogen) atoms. The van der Waals surface area contributed by atoms with Gasteiger partial charge in [-0.25, -0.2) is 4.39 Å². The van der Waals surface area contributed by atoms with Crippen molar-refractivity contribution in [1.82, 2.24) is 4.90 Å². The topological polar surface area (TPSA) is 23.6 Å². The van der Waals surface area contributed by atoms with Gasteiger partial charge in [-0.3, -0.25) is 4.79 Å². The van der Waals surface area contributed by atoms with Crippen LogP contribution in [0.3, 0.4) is 0 Å². The van der Waals surface area contributed by atoms with Gasteiger partial charge in [-0.05, 0) is 42.8 Å². The maximum Gasteiger partial charge on any atom is 0.255 e. The Bertz CT molecular complexity index is 690. The molecule has 0 spiro atoms. The van der Waals surface area contributed by atoms with E-state index in [4.69, 9.17) is 11.6 Å². The Balaban J connectivity index is 1.70.